The minimum Gasteiger partial charge on any atom is -0.423 e. The maximum absolute atomic E-state index is 13.2. The molecule has 0 atom stereocenters. The Bertz CT molecular complexity index is 1390. The minimum absolute atomic E-state index is 0.314. The first kappa shape index (κ1) is 18.6. The molecule has 8 nitrogen and oxygen atoms in total. The molecular weight excluding hydrogens is 399 g/mol. The van der Waals surface area contributed by atoms with Gasteiger partial charge in [0.1, 0.15) is 5.82 Å². The molecule has 3 aromatic heterocycles. The van der Waals surface area contributed by atoms with Crippen LogP contribution in [0.15, 0.2) is 71.9 Å². The Hall–Kier alpha value is -4.40. The van der Waals surface area contributed by atoms with E-state index in [-0.39, 0.29) is 11.7 Å². The highest BCUT2D eigenvalue weighted by molar-refractivity contribution is 6.12. The van der Waals surface area contributed by atoms with E-state index in [9.17, 15) is 9.18 Å². The predicted octanol–water partition coefficient (Wildman–Crippen LogP) is 4.17. The first-order valence-corrected chi connectivity index (χ1v) is 9.36. The van der Waals surface area contributed by atoms with Gasteiger partial charge in [0.2, 0.25) is 12.3 Å². The molecule has 0 aliphatic rings. The molecule has 1 N–H and O–H groups in total. The van der Waals surface area contributed by atoms with Gasteiger partial charge in [0, 0.05) is 22.8 Å². The number of amides is 1. The van der Waals surface area contributed by atoms with Crippen LogP contribution in [0.2, 0.25) is 0 Å². The van der Waals surface area contributed by atoms with E-state index in [0.29, 0.717) is 33.7 Å². The average Bonchev–Trinajstić information content (AvgIpc) is 3.46. The van der Waals surface area contributed by atoms with Crippen molar-refractivity contribution in [1.82, 2.24) is 25.0 Å². The Morgan fingerprint density at radius 3 is 2.68 bits per heavy atom. The van der Waals surface area contributed by atoms with Gasteiger partial charge in [-0.2, -0.15) is 5.10 Å². The fourth-order valence-corrected chi connectivity index (χ4v) is 3.34. The lowest BCUT2D eigenvalue weighted by Crippen LogP contribution is -2.13. The van der Waals surface area contributed by atoms with Crippen molar-refractivity contribution in [2.75, 3.05) is 5.32 Å². The molecule has 31 heavy (non-hydrogen) atoms. The number of pyridine rings is 1. The normalized spacial score (nSPS) is 11.0. The van der Waals surface area contributed by atoms with Gasteiger partial charge >= 0.3 is 0 Å². The monoisotopic (exact) mass is 414 g/mol. The number of hydrogen-bond acceptors (Lipinski definition) is 6. The van der Waals surface area contributed by atoms with Gasteiger partial charge in [0.25, 0.3) is 5.91 Å². The number of carbonyl (C=O) groups excluding carboxylic acids is 1. The molecule has 0 bridgehead atoms. The second-order valence-electron chi connectivity index (χ2n) is 6.88. The molecule has 5 aromatic rings. The molecule has 0 fully saturated rings. The molecule has 0 aliphatic heterocycles. The van der Waals surface area contributed by atoms with Crippen LogP contribution in [0.3, 0.4) is 0 Å². The first-order valence-electron chi connectivity index (χ1n) is 9.36. The third-order valence-electron chi connectivity index (χ3n) is 4.89. The van der Waals surface area contributed by atoms with Crippen LogP contribution in [0.4, 0.5) is 10.1 Å². The van der Waals surface area contributed by atoms with Gasteiger partial charge in [-0.1, -0.05) is 0 Å². The number of benzene rings is 2. The lowest BCUT2D eigenvalue weighted by molar-refractivity contribution is 0.102. The van der Waals surface area contributed by atoms with Crippen LogP contribution in [-0.2, 0) is 0 Å². The number of aromatic nitrogens is 5. The van der Waals surface area contributed by atoms with Crippen LogP contribution in [0, 0.1) is 12.7 Å². The Morgan fingerprint density at radius 2 is 1.94 bits per heavy atom. The summed E-state index contributed by atoms with van der Waals surface area (Å²) in [5.41, 5.74) is 3.94. The van der Waals surface area contributed by atoms with E-state index in [1.165, 1.54) is 24.7 Å². The largest absolute Gasteiger partial charge is 0.423 e. The van der Waals surface area contributed by atoms with E-state index < -0.39 is 0 Å². The van der Waals surface area contributed by atoms with Gasteiger partial charge in [0.05, 0.1) is 29.2 Å². The van der Waals surface area contributed by atoms with Crippen molar-refractivity contribution < 1.29 is 13.6 Å². The quantitative estimate of drug-likeness (QED) is 0.474. The standard InChI is InChI=1S/C22H15FN6O2/c1-13-8-14(22-28-25-12-31-22)2-7-19(13)27-21(30)18-9-24-11-20-17(18)10-26-29(20)16-5-3-15(23)4-6-16/h2-12H,1H3,(H,27,30). The molecule has 2 aromatic carbocycles. The summed E-state index contributed by atoms with van der Waals surface area (Å²) >= 11 is 0. The lowest BCUT2D eigenvalue weighted by Gasteiger charge is -2.10. The summed E-state index contributed by atoms with van der Waals surface area (Å²) in [5.74, 6) is -0.243. The maximum Gasteiger partial charge on any atom is 0.257 e. The Labute approximate surface area is 175 Å². The summed E-state index contributed by atoms with van der Waals surface area (Å²) < 4.78 is 20.1. The summed E-state index contributed by atoms with van der Waals surface area (Å²) in [6.07, 6.45) is 5.98. The van der Waals surface area contributed by atoms with Crippen LogP contribution in [-0.4, -0.2) is 30.9 Å². The van der Waals surface area contributed by atoms with E-state index >= 15 is 0 Å². The fraction of sp³-hybridized carbons (Fsp3) is 0.0455. The van der Waals surface area contributed by atoms with E-state index in [1.807, 2.05) is 13.0 Å². The van der Waals surface area contributed by atoms with E-state index in [1.54, 1.807) is 41.3 Å². The van der Waals surface area contributed by atoms with Crippen molar-refractivity contribution in [2.45, 2.75) is 6.92 Å². The summed E-state index contributed by atoms with van der Waals surface area (Å²) in [6.45, 7) is 1.88. The molecule has 1 amide bonds. The van der Waals surface area contributed by atoms with Gasteiger partial charge in [-0.15, -0.1) is 10.2 Å². The molecule has 0 unspecified atom stereocenters. The second kappa shape index (κ2) is 7.45. The van der Waals surface area contributed by atoms with Gasteiger partial charge in [-0.05, 0) is 55.0 Å². The predicted molar refractivity (Wildman–Crippen MR) is 111 cm³/mol. The Kier molecular flexibility index (Phi) is 4.47. The highest BCUT2D eigenvalue weighted by atomic mass is 19.1. The second-order valence-corrected chi connectivity index (χ2v) is 6.88. The van der Waals surface area contributed by atoms with Crippen molar-refractivity contribution in [1.29, 1.82) is 0 Å². The third-order valence-corrected chi connectivity index (χ3v) is 4.89. The zero-order valence-corrected chi connectivity index (χ0v) is 16.3. The molecule has 0 saturated heterocycles. The van der Waals surface area contributed by atoms with Crippen LogP contribution in [0.1, 0.15) is 15.9 Å². The van der Waals surface area contributed by atoms with E-state index in [0.717, 1.165) is 11.1 Å². The molecule has 3 heterocycles. The minimum atomic E-state index is -0.334. The number of halogens is 1. The van der Waals surface area contributed by atoms with Crippen molar-refractivity contribution in [2.24, 2.45) is 0 Å². The zero-order chi connectivity index (χ0) is 21.4. The maximum atomic E-state index is 13.2. The number of hydrogen-bond donors (Lipinski definition) is 1. The fourth-order valence-electron chi connectivity index (χ4n) is 3.34. The average molecular weight is 414 g/mol. The molecule has 0 radical (unpaired) electrons. The van der Waals surface area contributed by atoms with Crippen LogP contribution >= 0.6 is 0 Å². The highest BCUT2D eigenvalue weighted by Crippen LogP contribution is 2.25. The van der Waals surface area contributed by atoms with Gasteiger partial charge in [-0.3, -0.25) is 9.78 Å². The number of fused-ring (bicyclic) bond motifs is 1. The third kappa shape index (κ3) is 3.42. The van der Waals surface area contributed by atoms with E-state index in [2.05, 4.69) is 25.6 Å². The van der Waals surface area contributed by atoms with Gasteiger partial charge < -0.3 is 9.73 Å². The number of nitrogens with zero attached hydrogens (tertiary/aromatic N) is 5. The van der Waals surface area contributed by atoms with Gasteiger partial charge in [0.15, 0.2) is 0 Å². The number of aryl methyl sites for hydroxylation is 1. The van der Waals surface area contributed by atoms with Crippen molar-refractivity contribution >= 4 is 22.5 Å². The van der Waals surface area contributed by atoms with Crippen LogP contribution in [0.5, 0.6) is 0 Å². The molecule has 0 spiro atoms. The van der Waals surface area contributed by atoms with Crippen LogP contribution in [0.25, 0.3) is 28.0 Å². The lowest BCUT2D eigenvalue weighted by atomic mass is 10.1. The van der Waals surface area contributed by atoms with Crippen molar-refractivity contribution in [3.05, 3.63) is 84.4 Å². The number of anilines is 1. The molecule has 152 valence electrons. The number of nitrogens with one attached hydrogen (secondary N) is 1. The molecular formula is C22H15FN6O2. The van der Waals surface area contributed by atoms with Crippen molar-refractivity contribution in [3.63, 3.8) is 0 Å². The number of carbonyl (C=O) groups is 1. The summed E-state index contributed by atoms with van der Waals surface area (Å²) in [5, 5.41) is 15.5. The summed E-state index contributed by atoms with van der Waals surface area (Å²) in [6, 6.07) is 11.4. The summed E-state index contributed by atoms with van der Waals surface area (Å²) in [4.78, 5) is 17.2. The Balaban J connectivity index is 1.46. The molecule has 0 aliphatic carbocycles. The SMILES string of the molecule is Cc1cc(-c2nnco2)ccc1NC(=O)c1cncc2c1cnn2-c1ccc(F)cc1. The van der Waals surface area contributed by atoms with Gasteiger partial charge in [-0.25, -0.2) is 9.07 Å². The zero-order valence-electron chi connectivity index (χ0n) is 16.3. The number of rotatable bonds is 4. The van der Waals surface area contributed by atoms with Crippen LogP contribution < -0.4 is 5.32 Å². The highest BCUT2D eigenvalue weighted by Gasteiger charge is 2.16. The topological polar surface area (TPSA) is 98.7 Å². The first-order chi connectivity index (χ1) is 15.1. The Morgan fingerprint density at radius 1 is 1.10 bits per heavy atom. The summed E-state index contributed by atoms with van der Waals surface area (Å²) in [7, 11) is 0. The molecule has 0 saturated carbocycles. The molecule has 5 rings (SSSR count). The van der Waals surface area contributed by atoms with E-state index in [4.69, 9.17) is 4.42 Å². The molecule has 9 heteroatoms. The van der Waals surface area contributed by atoms with Crippen molar-refractivity contribution in [3.8, 4) is 17.1 Å². The smallest absolute Gasteiger partial charge is 0.257 e.